The first-order valence-corrected chi connectivity index (χ1v) is 5.86. The molecule has 2 atom stereocenters. The Morgan fingerprint density at radius 2 is 1.88 bits per heavy atom. The smallest absolute Gasteiger partial charge is 0.148 e. The number of rotatable bonds is 1. The third-order valence-electron chi connectivity index (χ3n) is 3.18. The maximum atomic E-state index is 13.8. The molecule has 3 heteroatoms. The monoisotopic (exact) mass is 222 g/mol. The summed E-state index contributed by atoms with van der Waals surface area (Å²) in [5.74, 6) is 1.04. The maximum absolute atomic E-state index is 13.8. The summed E-state index contributed by atoms with van der Waals surface area (Å²) in [5, 5.41) is 0. The van der Waals surface area contributed by atoms with E-state index < -0.39 is 0 Å². The van der Waals surface area contributed by atoms with Gasteiger partial charge in [0.05, 0.1) is 5.69 Å². The molecule has 88 valence electrons. The van der Waals surface area contributed by atoms with Crippen LogP contribution in [0.25, 0.3) is 0 Å². The van der Waals surface area contributed by atoms with E-state index >= 15 is 0 Å². The van der Waals surface area contributed by atoms with Crippen molar-refractivity contribution in [1.82, 2.24) is 0 Å². The van der Waals surface area contributed by atoms with E-state index in [4.69, 9.17) is 5.73 Å². The Balaban J connectivity index is 2.23. The molecule has 0 aromatic heterocycles. The molecule has 16 heavy (non-hydrogen) atoms. The predicted octanol–water partition coefficient (Wildman–Crippen LogP) is 2.89. The van der Waals surface area contributed by atoms with Crippen LogP contribution in [0.2, 0.25) is 0 Å². The average Bonchev–Trinajstić information content (AvgIpc) is 2.15. The molecule has 2 rings (SSSR count). The van der Waals surface area contributed by atoms with Gasteiger partial charge in [-0.15, -0.1) is 0 Å². The molecule has 1 fully saturated rings. The molecule has 1 heterocycles. The van der Waals surface area contributed by atoms with Crippen LogP contribution in [0, 0.1) is 17.7 Å². The van der Waals surface area contributed by atoms with Crippen LogP contribution in [0.3, 0.4) is 0 Å². The minimum atomic E-state index is -0.207. The molecule has 0 spiro atoms. The van der Waals surface area contributed by atoms with E-state index in [9.17, 15) is 4.39 Å². The zero-order valence-electron chi connectivity index (χ0n) is 9.91. The molecule has 1 saturated heterocycles. The highest BCUT2D eigenvalue weighted by molar-refractivity contribution is 5.54. The van der Waals surface area contributed by atoms with Gasteiger partial charge in [-0.1, -0.05) is 13.8 Å². The minimum absolute atomic E-state index is 0.207. The van der Waals surface area contributed by atoms with Crippen molar-refractivity contribution in [3.05, 3.63) is 24.0 Å². The first-order valence-electron chi connectivity index (χ1n) is 5.86. The van der Waals surface area contributed by atoms with E-state index in [1.165, 1.54) is 12.5 Å². The number of piperidine rings is 1. The van der Waals surface area contributed by atoms with Gasteiger partial charge in [0.15, 0.2) is 0 Å². The van der Waals surface area contributed by atoms with E-state index in [0.29, 0.717) is 23.2 Å². The van der Waals surface area contributed by atoms with Gasteiger partial charge in [-0.3, -0.25) is 0 Å². The molecule has 0 radical (unpaired) electrons. The lowest BCUT2D eigenvalue weighted by Gasteiger charge is -2.36. The number of nitrogen functional groups attached to an aromatic ring is 1. The Hall–Kier alpha value is -1.25. The number of anilines is 2. The second-order valence-corrected chi connectivity index (χ2v) is 5.06. The van der Waals surface area contributed by atoms with E-state index in [-0.39, 0.29) is 5.82 Å². The Kier molecular flexibility index (Phi) is 3.03. The lowest BCUT2D eigenvalue weighted by Crippen LogP contribution is -2.39. The minimum Gasteiger partial charge on any atom is -0.399 e. The lowest BCUT2D eigenvalue weighted by atomic mass is 9.91. The highest BCUT2D eigenvalue weighted by Crippen LogP contribution is 2.28. The fraction of sp³-hybridized carbons (Fsp3) is 0.538. The molecule has 0 saturated carbocycles. The van der Waals surface area contributed by atoms with Crippen LogP contribution in [0.5, 0.6) is 0 Å². The second kappa shape index (κ2) is 4.32. The van der Waals surface area contributed by atoms with Crippen LogP contribution >= 0.6 is 0 Å². The van der Waals surface area contributed by atoms with E-state index in [1.54, 1.807) is 12.1 Å². The van der Waals surface area contributed by atoms with Crippen molar-refractivity contribution >= 4 is 11.4 Å². The number of benzene rings is 1. The Labute approximate surface area is 96.2 Å². The van der Waals surface area contributed by atoms with Crippen LogP contribution in [-0.4, -0.2) is 13.1 Å². The van der Waals surface area contributed by atoms with Crippen LogP contribution in [0.1, 0.15) is 20.3 Å². The van der Waals surface area contributed by atoms with Crippen molar-refractivity contribution in [1.29, 1.82) is 0 Å². The zero-order valence-corrected chi connectivity index (χ0v) is 9.91. The number of hydrogen-bond acceptors (Lipinski definition) is 2. The van der Waals surface area contributed by atoms with Gasteiger partial charge >= 0.3 is 0 Å². The van der Waals surface area contributed by atoms with Crippen molar-refractivity contribution in [2.24, 2.45) is 11.8 Å². The topological polar surface area (TPSA) is 29.3 Å². The molecule has 1 aliphatic heterocycles. The summed E-state index contributed by atoms with van der Waals surface area (Å²) in [4.78, 5) is 2.13. The summed E-state index contributed by atoms with van der Waals surface area (Å²) < 4.78 is 13.8. The summed E-state index contributed by atoms with van der Waals surface area (Å²) in [5.41, 5.74) is 6.73. The molecule has 1 aliphatic rings. The Morgan fingerprint density at radius 1 is 1.25 bits per heavy atom. The molecule has 2 N–H and O–H groups in total. The number of halogens is 1. The molecule has 1 aromatic carbocycles. The van der Waals surface area contributed by atoms with Crippen LogP contribution in [0.4, 0.5) is 15.8 Å². The van der Waals surface area contributed by atoms with Crippen LogP contribution < -0.4 is 10.6 Å². The molecule has 0 bridgehead atoms. The van der Waals surface area contributed by atoms with Gasteiger partial charge in [0.1, 0.15) is 5.82 Å². The predicted molar refractivity (Wildman–Crippen MR) is 66.0 cm³/mol. The molecule has 1 aromatic rings. The fourth-order valence-electron chi connectivity index (χ4n) is 2.64. The molecular weight excluding hydrogens is 203 g/mol. The third-order valence-corrected chi connectivity index (χ3v) is 3.18. The van der Waals surface area contributed by atoms with Crippen molar-refractivity contribution in [2.75, 3.05) is 23.7 Å². The lowest BCUT2D eigenvalue weighted by molar-refractivity contribution is 0.354. The Bertz CT molecular complexity index is 368. The van der Waals surface area contributed by atoms with Crippen molar-refractivity contribution in [3.8, 4) is 0 Å². The summed E-state index contributed by atoms with van der Waals surface area (Å²) in [6.07, 6.45) is 1.23. The Morgan fingerprint density at radius 3 is 2.44 bits per heavy atom. The standard InChI is InChI=1S/C13H19FN2/c1-9-5-10(2)8-16(7-9)13-4-3-11(15)6-12(13)14/h3-4,6,9-10H,5,7-8,15H2,1-2H3. The number of hydrogen-bond donors (Lipinski definition) is 1. The quantitative estimate of drug-likeness (QED) is 0.740. The molecule has 2 nitrogen and oxygen atoms in total. The summed E-state index contributed by atoms with van der Waals surface area (Å²) in [6, 6.07) is 4.96. The average molecular weight is 222 g/mol. The maximum Gasteiger partial charge on any atom is 0.148 e. The summed E-state index contributed by atoms with van der Waals surface area (Å²) in [6.45, 7) is 6.31. The fourth-order valence-corrected chi connectivity index (χ4v) is 2.64. The molecular formula is C13H19FN2. The number of nitrogens with zero attached hydrogens (tertiary/aromatic N) is 1. The van der Waals surface area contributed by atoms with E-state index in [1.807, 2.05) is 0 Å². The van der Waals surface area contributed by atoms with Gasteiger partial charge in [-0.05, 0) is 36.5 Å². The van der Waals surface area contributed by atoms with Gasteiger partial charge in [0.2, 0.25) is 0 Å². The van der Waals surface area contributed by atoms with Gasteiger partial charge in [0, 0.05) is 18.8 Å². The first kappa shape index (κ1) is 11.2. The summed E-state index contributed by atoms with van der Waals surface area (Å²) in [7, 11) is 0. The largest absolute Gasteiger partial charge is 0.399 e. The zero-order chi connectivity index (χ0) is 11.7. The highest BCUT2D eigenvalue weighted by atomic mass is 19.1. The summed E-state index contributed by atoms with van der Waals surface area (Å²) >= 11 is 0. The SMILES string of the molecule is CC1CC(C)CN(c2ccc(N)cc2F)C1. The van der Waals surface area contributed by atoms with Gasteiger partial charge in [-0.2, -0.15) is 0 Å². The van der Waals surface area contributed by atoms with Crippen LogP contribution in [-0.2, 0) is 0 Å². The van der Waals surface area contributed by atoms with E-state index in [0.717, 1.165) is 13.1 Å². The molecule has 0 amide bonds. The van der Waals surface area contributed by atoms with Gasteiger partial charge in [-0.25, -0.2) is 4.39 Å². The first-order chi connectivity index (χ1) is 7.56. The highest BCUT2D eigenvalue weighted by Gasteiger charge is 2.23. The second-order valence-electron chi connectivity index (χ2n) is 5.06. The molecule has 2 unspecified atom stereocenters. The number of nitrogens with two attached hydrogens (primary N) is 1. The van der Waals surface area contributed by atoms with Crippen molar-refractivity contribution < 1.29 is 4.39 Å². The van der Waals surface area contributed by atoms with Crippen molar-refractivity contribution in [3.63, 3.8) is 0 Å². The third kappa shape index (κ3) is 2.29. The van der Waals surface area contributed by atoms with Gasteiger partial charge in [0.25, 0.3) is 0 Å². The molecule has 0 aliphatic carbocycles. The van der Waals surface area contributed by atoms with Gasteiger partial charge < -0.3 is 10.6 Å². The van der Waals surface area contributed by atoms with Crippen molar-refractivity contribution in [2.45, 2.75) is 20.3 Å². The van der Waals surface area contributed by atoms with Crippen LogP contribution in [0.15, 0.2) is 18.2 Å². The van der Waals surface area contributed by atoms with E-state index in [2.05, 4.69) is 18.7 Å². The normalized spacial score (nSPS) is 25.8.